The lowest BCUT2D eigenvalue weighted by molar-refractivity contribution is -0.123. The first-order valence-corrected chi connectivity index (χ1v) is 7.47. The third kappa shape index (κ3) is 3.33. The van der Waals surface area contributed by atoms with E-state index in [-0.39, 0.29) is 11.6 Å². The SMILES string of the molecule is C=C1CN(C)CCN1C(=O)C(=N)c1cc(Br)ccc1NC. The molecule has 1 amide bonds. The Bertz CT molecular complexity index is 599. The Hall–Kier alpha value is -1.66. The molecule has 0 spiro atoms. The molecule has 1 aromatic rings. The summed E-state index contributed by atoms with van der Waals surface area (Å²) in [6, 6.07) is 5.51. The molecule has 0 bridgehead atoms. The summed E-state index contributed by atoms with van der Waals surface area (Å²) in [7, 11) is 3.77. The Kier molecular flexibility index (Phi) is 4.80. The van der Waals surface area contributed by atoms with Crippen LogP contribution in [0.1, 0.15) is 5.56 Å². The predicted octanol–water partition coefficient (Wildman–Crippen LogP) is 2.15. The van der Waals surface area contributed by atoms with E-state index in [1.54, 1.807) is 18.0 Å². The van der Waals surface area contributed by atoms with Gasteiger partial charge >= 0.3 is 0 Å². The second-order valence-electron chi connectivity index (χ2n) is 5.08. The zero-order valence-electron chi connectivity index (χ0n) is 12.2. The maximum atomic E-state index is 12.6. The van der Waals surface area contributed by atoms with Gasteiger partial charge in [-0.25, -0.2) is 0 Å². The summed E-state index contributed by atoms with van der Waals surface area (Å²) in [4.78, 5) is 16.3. The van der Waals surface area contributed by atoms with Crippen molar-refractivity contribution in [3.63, 3.8) is 0 Å². The summed E-state index contributed by atoms with van der Waals surface area (Å²) in [5, 5.41) is 11.3. The highest BCUT2D eigenvalue weighted by Crippen LogP contribution is 2.23. The van der Waals surface area contributed by atoms with Crippen molar-refractivity contribution < 1.29 is 4.79 Å². The van der Waals surface area contributed by atoms with Crippen LogP contribution in [0.2, 0.25) is 0 Å². The monoisotopic (exact) mass is 350 g/mol. The van der Waals surface area contributed by atoms with Crippen LogP contribution in [0.4, 0.5) is 5.69 Å². The van der Waals surface area contributed by atoms with Crippen LogP contribution in [0.5, 0.6) is 0 Å². The third-order valence-corrected chi connectivity index (χ3v) is 4.01. The van der Waals surface area contributed by atoms with E-state index in [1.165, 1.54) is 0 Å². The molecule has 1 aliphatic heterocycles. The Morgan fingerprint density at radius 1 is 1.43 bits per heavy atom. The van der Waals surface area contributed by atoms with Crippen molar-refractivity contribution in [2.24, 2.45) is 0 Å². The number of hydrogen-bond donors (Lipinski definition) is 2. The molecule has 112 valence electrons. The molecule has 21 heavy (non-hydrogen) atoms. The molecule has 2 rings (SSSR count). The fourth-order valence-electron chi connectivity index (χ4n) is 2.34. The number of rotatable bonds is 3. The standard InChI is InChI=1S/C15H19BrN4O/c1-10-9-19(3)6-7-20(10)15(21)14(17)12-8-11(16)4-5-13(12)18-2/h4-5,8,17-18H,1,6-7,9H2,2-3H3. The van der Waals surface area contributed by atoms with Crippen LogP contribution in [-0.4, -0.2) is 55.1 Å². The number of nitrogens with zero attached hydrogens (tertiary/aromatic N) is 2. The summed E-state index contributed by atoms with van der Waals surface area (Å²) in [5.74, 6) is -0.303. The molecule has 0 atom stereocenters. The van der Waals surface area contributed by atoms with Gasteiger partial charge in [0.15, 0.2) is 0 Å². The van der Waals surface area contributed by atoms with Gasteiger partial charge in [0.2, 0.25) is 0 Å². The van der Waals surface area contributed by atoms with Gasteiger partial charge in [-0.3, -0.25) is 15.1 Å². The molecular formula is C15H19BrN4O. The van der Waals surface area contributed by atoms with Crippen molar-refractivity contribution in [1.29, 1.82) is 5.41 Å². The minimum atomic E-state index is -0.303. The average molecular weight is 351 g/mol. The van der Waals surface area contributed by atoms with E-state index in [2.05, 4.69) is 32.7 Å². The number of benzene rings is 1. The van der Waals surface area contributed by atoms with Gasteiger partial charge < -0.3 is 10.2 Å². The normalized spacial score (nSPS) is 16.0. The van der Waals surface area contributed by atoms with Crippen molar-refractivity contribution in [3.8, 4) is 0 Å². The van der Waals surface area contributed by atoms with Crippen molar-refractivity contribution >= 4 is 33.2 Å². The largest absolute Gasteiger partial charge is 0.388 e. The first-order valence-electron chi connectivity index (χ1n) is 6.68. The van der Waals surface area contributed by atoms with Gasteiger partial charge in [-0.05, 0) is 25.2 Å². The molecular weight excluding hydrogens is 332 g/mol. The quantitative estimate of drug-likeness (QED) is 0.821. The molecule has 1 saturated heterocycles. The Labute approximate surface area is 133 Å². The zero-order valence-corrected chi connectivity index (χ0v) is 13.8. The first-order chi connectivity index (χ1) is 9.93. The van der Waals surface area contributed by atoms with Gasteiger partial charge in [0.1, 0.15) is 5.71 Å². The molecule has 0 saturated carbocycles. The van der Waals surface area contributed by atoms with E-state index in [4.69, 9.17) is 5.41 Å². The zero-order chi connectivity index (χ0) is 15.6. The first kappa shape index (κ1) is 15.7. The number of carbonyl (C=O) groups is 1. The average Bonchev–Trinajstić information content (AvgIpc) is 2.45. The maximum Gasteiger partial charge on any atom is 0.276 e. The highest BCUT2D eigenvalue weighted by atomic mass is 79.9. The van der Waals surface area contributed by atoms with E-state index in [0.717, 1.165) is 22.4 Å². The molecule has 5 nitrogen and oxygen atoms in total. The third-order valence-electron chi connectivity index (χ3n) is 3.52. The Morgan fingerprint density at radius 3 is 2.76 bits per heavy atom. The smallest absolute Gasteiger partial charge is 0.276 e. The van der Waals surface area contributed by atoms with E-state index >= 15 is 0 Å². The maximum absolute atomic E-state index is 12.6. The highest BCUT2D eigenvalue weighted by molar-refractivity contribution is 9.10. The lowest BCUT2D eigenvalue weighted by Gasteiger charge is -2.34. The Morgan fingerprint density at radius 2 is 2.14 bits per heavy atom. The van der Waals surface area contributed by atoms with Crippen LogP contribution in [0.15, 0.2) is 34.9 Å². The summed E-state index contributed by atoms with van der Waals surface area (Å²) >= 11 is 3.39. The van der Waals surface area contributed by atoms with E-state index in [1.807, 2.05) is 19.2 Å². The minimum absolute atomic E-state index is 0.0219. The molecule has 1 fully saturated rings. The van der Waals surface area contributed by atoms with Gasteiger partial charge in [-0.2, -0.15) is 0 Å². The van der Waals surface area contributed by atoms with Crippen LogP contribution in [-0.2, 0) is 4.79 Å². The molecule has 2 N–H and O–H groups in total. The summed E-state index contributed by atoms with van der Waals surface area (Å²) in [6.45, 7) is 5.95. The fraction of sp³-hybridized carbons (Fsp3) is 0.333. The number of nitrogens with one attached hydrogen (secondary N) is 2. The number of amides is 1. The molecule has 1 heterocycles. The van der Waals surface area contributed by atoms with Crippen LogP contribution >= 0.6 is 15.9 Å². The van der Waals surface area contributed by atoms with Crippen LogP contribution in [0, 0.1) is 5.41 Å². The van der Waals surface area contributed by atoms with Gasteiger partial charge in [0, 0.05) is 48.1 Å². The lowest BCUT2D eigenvalue weighted by Crippen LogP contribution is -2.47. The predicted molar refractivity (Wildman–Crippen MR) is 88.9 cm³/mol. The topological polar surface area (TPSA) is 59.4 Å². The van der Waals surface area contributed by atoms with Gasteiger partial charge in [0.05, 0.1) is 0 Å². The molecule has 1 aromatic carbocycles. The second kappa shape index (κ2) is 6.41. The van der Waals surface area contributed by atoms with Crippen LogP contribution < -0.4 is 5.32 Å². The lowest BCUT2D eigenvalue weighted by atomic mass is 10.1. The molecule has 0 unspecified atom stereocenters. The van der Waals surface area contributed by atoms with E-state index < -0.39 is 0 Å². The van der Waals surface area contributed by atoms with E-state index in [9.17, 15) is 4.79 Å². The minimum Gasteiger partial charge on any atom is -0.388 e. The van der Waals surface area contributed by atoms with Crippen molar-refractivity contribution in [3.05, 3.63) is 40.5 Å². The van der Waals surface area contributed by atoms with Gasteiger partial charge in [-0.15, -0.1) is 0 Å². The van der Waals surface area contributed by atoms with E-state index in [0.29, 0.717) is 18.7 Å². The summed E-state index contributed by atoms with van der Waals surface area (Å²) in [5.41, 5.74) is 2.06. The molecule has 6 heteroatoms. The number of hydrogen-bond acceptors (Lipinski definition) is 4. The fourth-order valence-corrected chi connectivity index (χ4v) is 2.70. The number of piperazine rings is 1. The molecule has 0 aromatic heterocycles. The number of halogens is 1. The molecule has 0 aliphatic carbocycles. The number of likely N-dealkylation sites (N-methyl/N-ethyl adjacent to an activating group) is 1. The van der Waals surface area contributed by atoms with Crippen LogP contribution in [0.3, 0.4) is 0 Å². The highest BCUT2D eigenvalue weighted by Gasteiger charge is 2.27. The number of carbonyl (C=O) groups excluding carboxylic acids is 1. The Balaban J connectivity index is 2.26. The van der Waals surface area contributed by atoms with Crippen molar-refractivity contribution in [2.45, 2.75) is 0 Å². The summed E-state index contributed by atoms with van der Waals surface area (Å²) in [6.07, 6.45) is 0. The van der Waals surface area contributed by atoms with Crippen molar-refractivity contribution in [1.82, 2.24) is 9.80 Å². The second-order valence-corrected chi connectivity index (χ2v) is 5.99. The summed E-state index contributed by atoms with van der Waals surface area (Å²) < 4.78 is 0.839. The van der Waals surface area contributed by atoms with Crippen LogP contribution in [0.25, 0.3) is 0 Å². The van der Waals surface area contributed by atoms with Gasteiger partial charge in [-0.1, -0.05) is 22.5 Å². The van der Waals surface area contributed by atoms with Crippen molar-refractivity contribution in [2.75, 3.05) is 39.0 Å². The molecule has 0 radical (unpaired) electrons. The van der Waals surface area contributed by atoms with Gasteiger partial charge in [0.25, 0.3) is 5.91 Å². The molecule has 1 aliphatic rings. The number of anilines is 1.